The van der Waals surface area contributed by atoms with E-state index in [-0.39, 0.29) is 5.91 Å². The Balaban J connectivity index is 1.88. The average Bonchev–Trinajstić information content (AvgIpc) is 3.16. The first-order valence-electron chi connectivity index (χ1n) is 8.81. The third-order valence-electron chi connectivity index (χ3n) is 4.40. The minimum Gasteiger partial charge on any atom is -0.495 e. The van der Waals surface area contributed by atoms with Crippen molar-refractivity contribution in [3.05, 3.63) is 82.0 Å². The number of nitrogens with zero attached hydrogens (tertiary/aromatic N) is 1. The SMILES string of the molecule is COc1ccc(C)cc1NC(=O)[C@H](c1ccccc1)N(C)Cc1cccs1. The van der Waals surface area contributed by atoms with Crippen molar-refractivity contribution in [2.45, 2.75) is 19.5 Å². The first-order chi connectivity index (χ1) is 13.1. The number of nitrogens with one attached hydrogen (secondary N) is 1. The van der Waals surface area contributed by atoms with Crippen LogP contribution in [0.1, 0.15) is 22.0 Å². The smallest absolute Gasteiger partial charge is 0.246 e. The van der Waals surface area contributed by atoms with Gasteiger partial charge in [-0.2, -0.15) is 0 Å². The molecule has 0 aliphatic rings. The topological polar surface area (TPSA) is 41.6 Å². The van der Waals surface area contributed by atoms with Crippen molar-refractivity contribution in [2.24, 2.45) is 0 Å². The number of methoxy groups -OCH3 is 1. The molecule has 2 aromatic carbocycles. The Hall–Kier alpha value is -2.63. The lowest BCUT2D eigenvalue weighted by Gasteiger charge is -2.27. The summed E-state index contributed by atoms with van der Waals surface area (Å²) in [6, 6.07) is 19.3. The highest BCUT2D eigenvalue weighted by Crippen LogP contribution is 2.29. The predicted molar refractivity (Wildman–Crippen MR) is 111 cm³/mol. The van der Waals surface area contributed by atoms with Crippen LogP contribution in [-0.4, -0.2) is 25.0 Å². The molecule has 0 spiro atoms. The summed E-state index contributed by atoms with van der Waals surface area (Å²) in [5.74, 6) is 0.575. The molecule has 140 valence electrons. The van der Waals surface area contributed by atoms with E-state index in [2.05, 4.69) is 21.7 Å². The van der Waals surface area contributed by atoms with Crippen molar-refractivity contribution in [1.29, 1.82) is 0 Å². The number of benzene rings is 2. The molecule has 1 aromatic heterocycles. The highest BCUT2D eigenvalue weighted by molar-refractivity contribution is 7.09. The molecule has 5 heteroatoms. The molecule has 1 atom stereocenters. The monoisotopic (exact) mass is 380 g/mol. The molecule has 0 aliphatic heterocycles. The summed E-state index contributed by atoms with van der Waals surface area (Å²) < 4.78 is 5.41. The quantitative estimate of drug-likeness (QED) is 0.635. The largest absolute Gasteiger partial charge is 0.495 e. The van der Waals surface area contributed by atoms with Crippen LogP contribution in [0.2, 0.25) is 0 Å². The number of hydrogen-bond donors (Lipinski definition) is 1. The number of likely N-dealkylation sites (N-methyl/N-ethyl adjacent to an activating group) is 1. The normalized spacial score (nSPS) is 12.0. The van der Waals surface area contributed by atoms with Gasteiger partial charge in [0.15, 0.2) is 0 Å². The molecule has 3 rings (SSSR count). The van der Waals surface area contributed by atoms with Gasteiger partial charge in [0.2, 0.25) is 5.91 Å². The highest BCUT2D eigenvalue weighted by Gasteiger charge is 2.26. The molecule has 0 radical (unpaired) electrons. The second-order valence-corrected chi connectivity index (χ2v) is 7.53. The van der Waals surface area contributed by atoms with E-state index >= 15 is 0 Å². The van der Waals surface area contributed by atoms with Crippen molar-refractivity contribution in [3.8, 4) is 5.75 Å². The molecule has 1 amide bonds. The summed E-state index contributed by atoms with van der Waals surface area (Å²) in [5.41, 5.74) is 2.71. The van der Waals surface area contributed by atoms with E-state index < -0.39 is 6.04 Å². The number of thiophene rings is 1. The Kier molecular flexibility index (Phi) is 6.27. The Morgan fingerprint density at radius 1 is 1.15 bits per heavy atom. The predicted octanol–water partition coefficient (Wildman–Crippen LogP) is 4.88. The van der Waals surface area contributed by atoms with Crippen molar-refractivity contribution >= 4 is 22.9 Å². The number of hydrogen-bond acceptors (Lipinski definition) is 4. The van der Waals surface area contributed by atoms with E-state index in [1.54, 1.807) is 18.4 Å². The van der Waals surface area contributed by atoms with Crippen LogP contribution < -0.4 is 10.1 Å². The number of rotatable bonds is 7. The maximum atomic E-state index is 13.3. The third kappa shape index (κ3) is 4.76. The van der Waals surface area contributed by atoms with Gasteiger partial charge in [0, 0.05) is 11.4 Å². The standard InChI is InChI=1S/C22H24N2O2S/c1-16-11-12-20(26-3)19(14-16)23-22(25)21(17-8-5-4-6-9-17)24(2)15-18-10-7-13-27-18/h4-14,21H,15H2,1-3H3,(H,23,25)/t21-/m0/s1. The summed E-state index contributed by atoms with van der Waals surface area (Å²) >= 11 is 1.69. The van der Waals surface area contributed by atoms with Crippen LogP contribution in [0.4, 0.5) is 5.69 Å². The molecule has 0 saturated heterocycles. The van der Waals surface area contributed by atoms with Crippen LogP contribution >= 0.6 is 11.3 Å². The fourth-order valence-corrected chi connectivity index (χ4v) is 3.87. The molecule has 1 heterocycles. The van der Waals surface area contributed by atoms with Gasteiger partial charge >= 0.3 is 0 Å². The molecule has 3 aromatic rings. The Morgan fingerprint density at radius 2 is 1.93 bits per heavy atom. The molecule has 0 fully saturated rings. The van der Waals surface area contributed by atoms with Crippen LogP contribution in [0, 0.1) is 6.92 Å². The van der Waals surface area contributed by atoms with Gasteiger partial charge in [-0.25, -0.2) is 0 Å². The Bertz CT molecular complexity index is 879. The number of amides is 1. The number of anilines is 1. The summed E-state index contributed by atoms with van der Waals surface area (Å²) in [4.78, 5) is 16.5. The molecule has 0 bridgehead atoms. The van der Waals surface area contributed by atoms with Crippen molar-refractivity contribution in [1.82, 2.24) is 4.90 Å². The third-order valence-corrected chi connectivity index (χ3v) is 5.26. The summed E-state index contributed by atoms with van der Waals surface area (Å²) in [5, 5.41) is 5.11. The first-order valence-corrected chi connectivity index (χ1v) is 9.69. The number of carbonyl (C=O) groups is 1. The van der Waals surface area contributed by atoms with E-state index in [0.717, 1.165) is 11.1 Å². The molecule has 0 unspecified atom stereocenters. The van der Waals surface area contributed by atoms with Crippen LogP contribution in [0.5, 0.6) is 5.75 Å². The van der Waals surface area contributed by atoms with Gasteiger partial charge in [-0.15, -0.1) is 11.3 Å². The Labute approximate surface area is 164 Å². The molecular weight excluding hydrogens is 356 g/mol. The lowest BCUT2D eigenvalue weighted by molar-refractivity contribution is -0.121. The molecule has 0 saturated carbocycles. The van der Waals surface area contributed by atoms with Gasteiger partial charge in [0.05, 0.1) is 12.8 Å². The van der Waals surface area contributed by atoms with Gasteiger partial charge in [0.25, 0.3) is 0 Å². The zero-order chi connectivity index (χ0) is 19.2. The fraction of sp³-hybridized carbons (Fsp3) is 0.227. The minimum atomic E-state index is -0.404. The van der Waals surface area contributed by atoms with Gasteiger partial charge in [0.1, 0.15) is 11.8 Å². The highest BCUT2D eigenvalue weighted by atomic mass is 32.1. The zero-order valence-electron chi connectivity index (χ0n) is 15.8. The molecule has 1 N–H and O–H groups in total. The van der Waals surface area contributed by atoms with Gasteiger partial charge in [-0.1, -0.05) is 42.5 Å². The second-order valence-electron chi connectivity index (χ2n) is 6.50. The number of carbonyl (C=O) groups excluding carboxylic acids is 1. The van der Waals surface area contributed by atoms with Crippen LogP contribution in [0.25, 0.3) is 0 Å². The van der Waals surface area contributed by atoms with Gasteiger partial charge in [-0.05, 0) is 48.7 Å². The van der Waals surface area contributed by atoms with Crippen molar-refractivity contribution in [3.63, 3.8) is 0 Å². The summed E-state index contributed by atoms with van der Waals surface area (Å²) in [6.07, 6.45) is 0. The van der Waals surface area contributed by atoms with E-state index in [1.807, 2.05) is 68.6 Å². The molecule has 0 aliphatic carbocycles. The van der Waals surface area contributed by atoms with Crippen LogP contribution in [0.15, 0.2) is 66.0 Å². The maximum absolute atomic E-state index is 13.3. The summed E-state index contributed by atoms with van der Waals surface area (Å²) in [6.45, 7) is 2.70. The minimum absolute atomic E-state index is 0.0795. The van der Waals surface area contributed by atoms with E-state index in [0.29, 0.717) is 18.0 Å². The van der Waals surface area contributed by atoms with Crippen molar-refractivity contribution in [2.75, 3.05) is 19.5 Å². The summed E-state index contributed by atoms with van der Waals surface area (Å²) in [7, 11) is 3.59. The van der Waals surface area contributed by atoms with Crippen molar-refractivity contribution < 1.29 is 9.53 Å². The molecule has 4 nitrogen and oxygen atoms in total. The first kappa shape index (κ1) is 19.1. The zero-order valence-corrected chi connectivity index (χ0v) is 16.6. The maximum Gasteiger partial charge on any atom is 0.246 e. The van der Waals surface area contributed by atoms with E-state index in [9.17, 15) is 4.79 Å². The second kappa shape index (κ2) is 8.84. The van der Waals surface area contributed by atoms with Gasteiger partial charge < -0.3 is 10.1 Å². The lowest BCUT2D eigenvalue weighted by atomic mass is 10.0. The number of aryl methyl sites for hydroxylation is 1. The van der Waals surface area contributed by atoms with Crippen LogP contribution in [-0.2, 0) is 11.3 Å². The molecular formula is C22H24N2O2S. The number of ether oxygens (including phenoxy) is 1. The molecule has 27 heavy (non-hydrogen) atoms. The Morgan fingerprint density at radius 3 is 2.59 bits per heavy atom. The van der Waals surface area contributed by atoms with Gasteiger partial charge in [-0.3, -0.25) is 9.69 Å². The lowest BCUT2D eigenvalue weighted by Crippen LogP contribution is -2.34. The average molecular weight is 381 g/mol. The van der Waals surface area contributed by atoms with E-state index in [4.69, 9.17) is 4.74 Å². The van der Waals surface area contributed by atoms with Crippen LogP contribution in [0.3, 0.4) is 0 Å². The van der Waals surface area contributed by atoms with E-state index in [1.165, 1.54) is 4.88 Å². The fourth-order valence-electron chi connectivity index (χ4n) is 3.10.